The Morgan fingerprint density at radius 1 is 1.37 bits per heavy atom. The van der Waals surface area contributed by atoms with E-state index in [4.69, 9.17) is 4.74 Å². The number of carbonyl (C=O) groups excluding carboxylic acids is 1. The molecule has 0 saturated heterocycles. The van der Waals surface area contributed by atoms with E-state index in [1.54, 1.807) is 18.4 Å². The number of ketones is 1. The van der Waals surface area contributed by atoms with Crippen molar-refractivity contribution in [3.05, 3.63) is 50.1 Å². The van der Waals surface area contributed by atoms with Gasteiger partial charge in [0.25, 0.3) is 5.56 Å². The molecule has 3 aromatic rings. The van der Waals surface area contributed by atoms with Crippen molar-refractivity contribution in [1.29, 1.82) is 0 Å². The van der Waals surface area contributed by atoms with Crippen LogP contribution in [-0.4, -0.2) is 33.6 Å². The number of hydrogen-bond donors (Lipinski definition) is 0. The summed E-state index contributed by atoms with van der Waals surface area (Å²) in [6, 6.07) is 1.93. The fraction of sp³-hybridized carbons (Fsp3) is 0.522. The molecule has 0 unspecified atom stereocenters. The molecule has 0 aromatic carbocycles. The van der Waals surface area contributed by atoms with Crippen LogP contribution in [0.15, 0.2) is 17.2 Å². The van der Waals surface area contributed by atoms with Crippen LogP contribution in [0.2, 0.25) is 0 Å². The van der Waals surface area contributed by atoms with Gasteiger partial charge in [-0.3, -0.25) is 14.2 Å². The fourth-order valence-corrected chi connectivity index (χ4v) is 5.85. The molecule has 1 atom stereocenters. The van der Waals surface area contributed by atoms with Crippen molar-refractivity contribution in [3.8, 4) is 0 Å². The standard InChI is InChI=1S/C23H29N3O3S/c1-14-6-7-17-20(10-14)30-22-21(17)23(28)25(13-24-22)12-19(27)18-11-15(2)26(16(18)3)8-5-9-29-4/h11,13-14H,5-10,12H2,1-4H3/t14-/m0/s1. The maximum Gasteiger partial charge on any atom is 0.262 e. The van der Waals surface area contributed by atoms with Crippen LogP contribution in [0.5, 0.6) is 0 Å². The van der Waals surface area contributed by atoms with Gasteiger partial charge in [0.1, 0.15) is 4.83 Å². The van der Waals surface area contributed by atoms with Crippen LogP contribution in [0.3, 0.4) is 0 Å². The number of aromatic nitrogens is 3. The van der Waals surface area contributed by atoms with Gasteiger partial charge in [0.15, 0.2) is 5.78 Å². The number of hydrogen-bond acceptors (Lipinski definition) is 5. The Kier molecular flexibility index (Phi) is 5.93. The van der Waals surface area contributed by atoms with Gasteiger partial charge in [0.2, 0.25) is 0 Å². The van der Waals surface area contributed by atoms with E-state index in [9.17, 15) is 9.59 Å². The topological polar surface area (TPSA) is 66.1 Å². The SMILES string of the molecule is COCCCn1c(C)cc(C(=O)Cn2cnc3sc4c(c3c2=O)CC[C@H](C)C4)c1C. The van der Waals surface area contributed by atoms with Gasteiger partial charge in [-0.15, -0.1) is 11.3 Å². The molecule has 30 heavy (non-hydrogen) atoms. The lowest BCUT2D eigenvalue weighted by Gasteiger charge is -2.17. The number of aryl methyl sites for hydroxylation is 2. The molecule has 0 saturated carbocycles. The first-order valence-electron chi connectivity index (χ1n) is 10.6. The molecule has 160 valence electrons. The highest BCUT2D eigenvalue weighted by Crippen LogP contribution is 2.35. The van der Waals surface area contributed by atoms with Gasteiger partial charge >= 0.3 is 0 Å². The Morgan fingerprint density at radius 2 is 2.17 bits per heavy atom. The summed E-state index contributed by atoms with van der Waals surface area (Å²) in [6.45, 7) is 7.74. The molecular weight excluding hydrogens is 398 g/mol. The normalized spacial score (nSPS) is 16.2. The van der Waals surface area contributed by atoms with Crippen LogP contribution in [0.4, 0.5) is 0 Å². The van der Waals surface area contributed by atoms with Crippen molar-refractivity contribution in [2.75, 3.05) is 13.7 Å². The first kappa shape index (κ1) is 21.0. The molecule has 3 heterocycles. The molecule has 0 aliphatic heterocycles. The molecule has 1 aliphatic carbocycles. The van der Waals surface area contributed by atoms with Gasteiger partial charge in [0.05, 0.1) is 18.3 Å². The van der Waals surface area contributed by atoms with E-state index >= 15 is 0 Å². The number of ether oxygens (including phenoxy) is 1. The summed E-state index contributed by atoms with van der Waals surface area (Å²) >= 11 is 1.64. The lowest BCUT2D eigenvalue weighted by atomic mass is 9.89. The van der Waals surface area contributed by atoms with Crippen LogP contribution in [0.25, 0.3) is 10.2 Å². The summed E-state index contributed by atoms with van der Waals surface area (Å²) in [5.41, 5.74) is 3.74. The number of thiophene rings is 1. The summed E-state index contributed by atoms with van der Waals surface area (Å²) in [5.74, 6) is 0.593. The van der Waals surface area contributed by atoms with E-state index in [-0.39, 0.29) is 17.9 Å². The number of Topliss-reactive ketones (excluding diaryl/α,β-unsaturated/α-hetero) is 1. The highest BCUT2D eigenvalue weighted by atomic mass is 32.1. The summed E-state index contributed by atoms with van der Waals surface area (Å²) in [4.78, 5) is 32.9. The summed E-state index contributed by atoms with van der Waals surface area (Å²) < 4.78 is 8.76. The van der Waals surface area contributed by atoms with Gasteiger partial charge in [-0.2, -0.15) is 0 Å². The van der Waals surface area contributed by atoms with Crippen LogP contribution < -0.4 is 5.56 Å². The Hall–Kier alpha value is -2.25. The monoisotopic (exact) mass is 427 g/mol. The largest absolute Gasteiger partial charge is 0.385 e. The third-order valence-corrected chi connectivity index (χ3v) is 7.36. The van der Waals surface area contributed by atoms with E-state index in [0.717, 1.165) is 59.4 Å². The first-order chi connectivity index (χ1) is 14.4. The molecule has 4 rings (SSSR count). The van der Waals surface area contributed by atoms with Crippen molar-refractivity contribution in [2.45, 2.75) is 59.5 Å². The Labute approximate surface area is 180 Å². The maximum atomic E-state index is 13.2. The lowest BCUT2D eigenvalue weighted by Crippen LogP contribution is -2.25. The van der Waals surface area contributed by atoms with Crippen molar-refractivity contribution >= 4 is 27.3 Å². The van der Waals surface area contributed by atoms with Crippen molar-refractivity contribution in [3.63, 3.8) is 0 Å². The number of methoxy groups -OCH3 is 1. The van der Waals surface area contributed by atoms with Gasteiger partial charge in [-0.1, -0.05) is 6.92 Å². The summed E-state index contributed by atoms with van der Waals surface area (Å²) in [5, 5.41) is 0.724. The van der Waals surface area contributed by atoms with Crippen molar-refractivity contribution < 1.29 is 9.53 Å². The molecule has 0 radical (unpaired) electrons. The minimum atomic E-state index is -0.0886. The smallest absolute Gasteiger partial charge is 0.262 e. The molecule has 3 aromatic heterocycles. The molecule has 0 N–H and O–H groups in total. The molecule has 7 heteroatoms. The quantitative estimate of drug-likeness (QED) is 0.423. The minimum Gasteiger partial charge on any atom is -0.385 e. The van der Waals surface area contributed by atoms with Gasteiger partial charge in [-0.25, -0.2) is 4.98 Å². The third-order valence-electron chi connectivity index (χ3n) is 6.20. The number of rotatable bonds is 7. The lowest BCUT2D eigenvalue weighted by molar-refractivity contribution is 0.0970. The van der Waals surface area contributed by atoms with E-state index in [1.807, 2.05) is 19.9 Å². The predicted molar refractivity (Wildman–Crippen MR) is 120 cm³/mol. The van der Waals surface area contributed by atoms with Gasteiger partial charge in [-0.05, 0) is 57.1 Å². The zero-order valence-corrected chi connectivity index (χ0v) is 19.0. The Morgan fingerprint density at radius 3 is 2.93 bits per heavy atom. The molecule has 0 spiro atoms. The average molecular weight is 428 g/mol. The molecule has 0 bridgehead atoms. The number of carbonyl (C=O) groups is 1. The highest BCUT2D eigenvalue weighted by Gasteiger charge is 2.24. The first-order valence-corrected chi connectivity index (χ1v) is 11.4. The van der Waals surface area contributed by atoms with E-state index < -0.39 is 0 Å². The average Bonchev–Trinajstić information content (AvgIpc) is 3.22. The minimum absolute atomic E-state index is 0.0190. The summed E-state index contributed by atoms with van der Waals surface area (Å²) in [6.07, 6.45) is 5.47. The molecular formula is C23H29N3O3S. The molecule has 6 nitrogen and oxygen atoms in total. The predicted octanol–water partition coefficient (Wildman–Crippen LogP) is 3.92. The Bertz CT molecular complexity index is 1150. The zero-order chi connectivity index (χ0) is 21.4. The van der Waals surface area contributed by atoms with Crippen molar-refractivity contribution in [2.24, 2.45) is 5.92 Å². The third kappa shape index (κ3) is 3.76. The number of nitrogens with zero attached hydrogens (tertiary/aromatic N) is 3. The second kappa shape index (κ2) is 8.47. The van der Waals surface area contributed by atoms with E-state index in [0.29, 0.717) is 18.1 Å². The maximum absolute atomic E-state index is 13.2. The Balaban J connectivity index is 1.62. The van der Waals surface area contributed by atoms with Crippen LogP contribution in [0, 0.1) is 19.8 Å². The van der Waals surface area contributed by atoms with Gasteiger partial charge in [0, 0.05) is 42.1 Å². The molecule has 0 fully saturated rings. The van der Waals surface area contributed by atoms with Crippen LogP contribution in [-0.2, 0) is 30.7 Å². The molecule has 0 amide bonds. The second-order valence-electron chi connectivity index (χ2n) is 8.42. The van der Waals surface area contributed by atoms with Crippen LogP contribution in [0.1, 0.15) is 52.0 Å². The van der Waals surface area contributed by atoms with E-state index in [2.05, 4.69) is 16.5 Å². The fourth-order valence-electron chi connectivity index (χ4n) is 4.51. The zero-order valence-electron chi connectivity index (χ0n) is 18.2. The number of fused-ring (bicyclic) bond motifs is 3. The van der Waals surface area contributed by atoms with Crippen molar-refractivity contribution in [1.82, 2.24) is 14.1 Å². The van der Waals surface area contributed by atoms with E-state index in [1.165, 1.54) is 15.8 Å². The van der Waals surface area contributed by atoms with Gasteiger partial charge < -0.3 is 9.30 Å². The second-order valence-corrected chi connectivity index (χ2v) is 9.50. The molecule has 1 aliphatic rings. The van der Waals surface area contributed by atoms with Crippen LogP contribution >= 0.6 is 11.3 Å². The highest BCUT2D eigenvalue weighted by molar-refractivity contribution is 7.18. The summed E-state index contributed by atoms with van der Waals surface area (Å²) in [7, 11) is 1.69.